The Morgan fingerprint density at radius 1 is 1.31 bits per heavy atom. The van der Waals surface area contributed by atoms with E-state index in [4.69, 9.17) is 0 Å². The molecule has 0 saturated heterocycles. The molecule has 1 unspecified atom stereocenters. The van der Waals surface area contributed by atoms with E-state index in [2.05, 4.69) is 17.6 Å². The summed E-state index contributed by atoms with van der Waals surface area (Å²) in [5, 5.41) is 6.27. The fourth-order valence-electron chi connectivity index (χ4n) is 2.23. The van der Waals surface area contributed by atoms with Crippen LogP contribution < -0.4 is 10.6 Å². The van der Waals surface area contributed by atoms with Crippen LogP contribution in [-0.2, 0) is 4.79 Å². The summed E-state index contributed by atoms with van der Waals surface area (Å²) in [6.07, 6.45) is 7.78. The van der Waals surface area contributed by atoms with E-state index in [1.165, 1.54) is 32.1 Å². The molecule has 94 valence electrons. The lowest BCUT2D eigenvalue weighted by Crippen LogP contribution is -2.44. The van der Waals surface area contributed by atoms with Gasteiger partial charge in [0.25, 0.3) is 0 Å². The van der Waals surface area contributed by atoms with Gasteiger partial charge in [-0.15, -0.1) is 0 Å². The Morgan fingerprint density at radius 2 is 2.00 bits per heavy atom. The lowest BCUT2D eigenvalue weighted by Gasteiger charge is -2.23. The molecule has 0 bridgehead atoms. The van der Waals surface area contributed by atoms with Crippen molar-refractivity contribution >= 4 is 5.91 Å². The minimum absolute atomic E-state index is 0.0477. The molecule has 1 atom stereocenters. The third-order valence-electron chi connectivity index (χ3n) is 3.38. The van der Waals surface area contributed by atoms with E-state index in [-0.39, 0.29) is 11.9 Å². The fraction of sp³-hybridized carbons (Fsp3) is 0.923. The number of nitrogens with one attached hydrogen (secondary N) is 2. The molecule has 0 aromatic rings. The van der Waals surface area contributed by atoms with Crippen molar-refractivity contribution in [1.82, 2.24) is 10.6 Å². The Kier molecular flexibility index (Phi) is 6.46. The number of rotatable bonds is 6. The van der Waals surface area contributed by atoms with Gasteiger partial charge < -0.3 is 10.6 Å². The first-order valence-corrected chi connectivity index (χ1v) is 6.75. The molecule has 0 spiro atoms. The van der Waals surface area contributed by atoms with E-state index >= 15 is 0 Å². The molecular weight excluding hydrogens is 200 g/mol. The average molecular weight is 226 g/mol. The molecular formula is C13H26N2O. The fourth-order valence-corrected chi connectivity index (χ4v) is 2.23. The highest BCUT2D eigenvalue weighted by Crippen LogP contribution is 2.22. The minimum Gasteiger partial charge on any atom is -0.355 e. The van der Waals surface area contributed by atoms with Gasteiger partial charge in [-0.3, -0.25) is 4.79 Å². The van der Waals surface area contributed by atoms with Crippen LogP contribution in [0, 0.1) is 5.92 Å². The normalized spacial score (nSPS) is 19.4. The molecule has 1 fully saturated rings. The molecule has 16 heavy (non-hydrogen) atoms. The second-order valence-corrected chi connectivity index (χ2v) is 4.92. The first kappa shape index (κ1) is 13.5. The van der Waals surface area contributed by atoms with Crippen molar-refractivity contribution in [3.05, 3.63) is 0 Å². The topological polar surface area (TPSA) is 41.1 Å². The van der Waals surface area contributed by atoms with Crippen LogP contribution in [0.4, 0.5) is 0 Å². The van der Waals surface area contributed by atoms with Crippen molar-refractivity contribution in [3.63, 3.8) is 0 Å². The maximum Gasteiger partial charge on any atom is 0.236 e. The summed E-state index contributed by atoms with van der Waals surface area (Å²) in [4.78, 5) is 11.6. The van der Waals surface area contributed by atoms with Crippen molar-refractivity contribution in [1.29, 1.82) is 0 Å². The highest BCUT2D eigenvalue weighted by molar-refractivity contribution is 5.81. The quantitative estimate of drug-likeness (QED) is 0.728. The highest BCUT2D eigenvalue weighted by Gasteiger charge is 2.16. The zero-order valence-electron chi connectivity index (χ0n) is 10.7. The first-order chi connectivity index (χ1) is 7.74. The molecule has 0 aromatic carbocycles. The third kappa shape index (κ3) is 4.97. The predicted molar refractivity (Wildman–Crippen MR) is 67.3 cm³/mol. The third-order valence-corrected chi connectivity index (χ3v) is 3.38. The second-order valence-electron chi connectivity index (χ2n) is 4.92. The standard InChI is InChI=1S/C13H26N2O/c1-3-9-14-13(16)11(2)15-10-12-7-5-4-6-8-12/h11-12,15H,3-10H2,1-2H3,(H,14,16). The average Bonchev–Trinajstić information content (AvgIpc) is 2.34. The van der Waals surface area contributed by atoms with Gasteiger partial charge >= 0.3 is 0 Å². The van der Waals surface area contributed by atoms with Gasteiger partial charge in [-0.25, -0.2) is 0 Å². The van der Waals surface area contributed by atoms with Crippen LogP contribution in [0.5, 0.6) is 0 Å². The van der Waals surface area contributed by atoms with E-state index in [0.29, 0.717) is 0 Å². The van der Waals surface area contributed by atoms with E-state index < -0.39 is 0 Å². The molecule has 2 N–H and O–H groups in total. The zero-order chi connectivity index (χ0) is 11.8. The van der Waals surface area contributed by atoms with Crippen LogP contribution in [0.15, 0.2) is 0 Å². The van der Waals surface area contributed by atoms with Crippen LogP contribution in [-0.4, -0.2) is 25.0 Å². The van der Waals surface area contributed by atoms with Gasteiger partial charge in [-0.05, 0) is 38.6 Å². The van der Waals surface area contributed by atoms with Crippen LogP contribution in [0.25, 0.3) is 0 Å². The lowest BCUT2D eigenvalue weighted by molar-refractivity contribution is -0.122. The van der Waals surface area contributed by atoms with Crippen LogP contribution in [0.1, 0.15) is 52.4 Å². The first-order valence-electron chi connectivity index (χ1n) is 6.75. The molecule has 1 amide bonds. The molecule has 3 nitrogen and oxygen atoms in total. The molecule has 1 saturated carbocycles. The Balaban J connectivity index is 2.12. The predicted octanol–water partition coefficient (Wildman–Crippen LogP) is 2.07. The van der Waals surface area contributed by atoms with Gasteiger partial charge in [0.05, 0.1) is 6.04 Å². The molecule has 0 aromatic heterocycles. The molecule has 0 heterocycles. The number of carbonyl (C=O) groups is 1. The van der Waals surface area contributed by atoms with Gasteiger partial charge in [0, 0.05) is 6.54 Å². The van der Waals surface area contributed by atoms with Crippen molar-refractivity contribution < 1.29 is 4.79 Å². The van der Waals surface area contributed by atoms with Crippen LogP contribution in [0.2, 0.25) is 0 Å². The summed E-state index contributed by atoms with van der Waals surface area (Å²) in [5.74, 6) is 0.924. The van der Waals surface area contributed by atoms with Crippen molar-refractivity contribution in [2.45, 2.75) is 58.4 Å². The number of hydrogen-bond acceptors (Lipinski definition) is 2. The zero-order valence-corrected chi connectivity index (χ0v) is 10.7. The lowest BCUT2D eigenvalue weighted by atomic mass is 9.89. The second kappa shape index (κ2) is 7.66. The Bertz CT molecular complexity index is 200. The van der Waals surface area contributed by atoms with Crippen molar-refractivity contribution in [2.24, 2.45) is 5.92 Å². The van der Waals surface area contributed by atoms with E-state index in [1.54, 1.807) is 0 Å². The van der Waals surface area contributed by atoms with Gasteiger partial charge in [0.2, 0.25) is 5.91 Å². The monoisotopic (exact) mass is 226 g/mol. The molecule has 1 aliphatic rings. The Labute approximate surface area is 99.4 Å². The van der Waals surface area contributed by atoms with E-state index in [1.807, 2.05) is 6.92 Å². The van der Waals surface area contributed by atoms with Gasteiger partial charge in [0.1, 0.15) is 0 Å². The maximum absolute atomic E-state index is 11.6. The summed E-state index contributed by atoms with van der Waals surface area (Å²) in [7, 11) is 0. The Hall–Kier alpha value is -0.570. The van der Waals surface area contributed by atoms with E-state index in [0.717, 1.165) is 25.4 Å². The molecule has 0 aliphatic heterocycles. The summed E-state index contributed by atoms with van der Waals surface area (Å²) >= 11 is 0. The highest BCUT2D eigenvalue weighted by atomic mass is 16.2. The summed E-state index contributed by atoms with van der Waals surface area (Å²) in [6, 6.07) is -0.0477. The van der Waals surface area contributed by atoms with Gasteiger partial charge in [-0.2, -0.15) is 0 Å². The molecule has 1 rings (SSSR count). The molecule has 1 aliphatic carbocycles. The summed E-state index contributed by atoms with van der Waals surface area (Å²) in [6.45, 7) is 5.81. The molecule has 3 heteroatoms. The Morgan fingerprint density at radius 3 is 2.62 bits per heavy atom. The summed E-state index contributed by atoms with van der Waals surface area (Å²) in [5.41, 5.74) is 0. The minimum atomic E-state index is -0.0477. The van der Waals surface area contributed by atoms with Crippen molar-refractivity contribution in [3.8, 4) is 0 Å². The number of carbonyl (C=O) groups excluding carboxylic acids is 1. The SMILES string of the molecule is CCCNC(=O)C(C)NCC1CCCCC1. The maximum atomic E-state index is 11.6. The van der Waals surface area contributed by atoms with Gasteiger partial charge in [-0.1, -0.05) is 26.2 Å². The van der Waals surface area contributed by atoms with Crippen LogP contribution >= 0.6 is 0 Å². The number of hydrogen-bond donors (Lipinski definition) is 2. The van der Waals surface area contributed by atoms with Crippen molar-refractivity contribution in [2.75, 3.05) is 13.1 Å². The number of amides is 1. The summed E-state index contributed by atoms with van der Waals surface area (Å²) < 4.78 is 0. The van der Waals surface area contributed by atoms with Gasteiger partial charge in [0.15, 0.2) is 0 Å². The smallest absolute Gasteiger partial charge is 0.236 e. The largest absolute Gasteiger partial charge is 0.355 e. The molecule has 0 radical (unpaired) electrons. The van der Waals surface area contributed by atoms with E-state index in [9.17, 15) is 4.79 Å². The van der Waals surface area contributed by atoms with Crippen LogP contribution in [0.3, 0.4) is 0 Å².